The molecule has 1 heteroatoms. The molecule has 2 aliphatic rings. The molecule has 0 saturated carbocycles. The Kier molecular flexibility index (Phi) is 4.79. The number of carbonyl (C=O) groups is 1. The number of hydrogen-bond donors (Lipinski definition) is 0. The summed E-state index contributed by atoms with van der Waals surface area (Å²) in [4.78, 5) is 12.1. The molecule has 0 heterocycles. The Hall–Kier alpha value is -0.850. The van der Waals surface area contributed by atoms with E-state index < -0.39 is 0 Å². The second kappa shape index (κ2) is 6.36. The van der Waals surface area contributed by atoms with E-state index >= 15 is 0 Å². The Morgan fingerprint density at radius 3 is 1.83 bits per heavy atom. The lowest BCUT2D eigenvalue weighted by atomic mass is 9.86. The average molecular weight is 246 g/mol. The third kappa shape index (κ3) is 4.12. The van der Waals surface area contributed by atoms with Crippen LogP contribution in [0.5, 0.6) is 0 Å². The lowest BCUT2D eigenvalue weighted by Gasteiger charge is -2.19. The van der Waals surface area contributed by atoms with E-state index in [9.17, 15) is 4.79 Å². The molecule has 0 aliphatic heterocycles. The van der Waals surface area contributed by atoms with E-state index in [2.05, 4.69) is 26.0 Å². The maximum Gasteiger partial charge on any atom is 0.140 e. The molecule has 2 atom stereocenters. The topological polar surface area (TPSA) is 17.1 Å². The van der Waals surface area contributed by atoms with E-state index in [1.807, 2.05) is 0 Å². The van der Waals surface area contributed by atoms with Gasteiger partial charge < -0.3 is 0 Å². The van der Waals surface area contributed by atoms with Gasteiger partial charge in [0.05, 0.1) is 0 Å². The predicted molar refractivity (Wildman–Crippen MR) is 76.4 cm³/mol. The molecule has 0 bridgehead atoms. The Morgan fingerprint density at radius 2 is 1.44 bits per heavy atom. The van der Waals surface area contributed by atoms with Gasteiger partial charge in [-0.2, -0.15) is 0 Å². The number of allylic oxidation sites excluding steroid dienone is 4. The summed E-state index contributed by atoms with van der Waals surface area (Å²) in [6, 6.07) is 0. The first kappa shape index (κ1) is 13.6. The lowest BCUT2D eigenvalue weighted by Crippen LogP contribution is -2.09. The molecule has 18 heavy (non-hydrogen) atoms. The average Bonchev–Trinajstić information content (AvgIpc) is 2.28. The van der Waals surface area contributed by atoms with Gasteiger partial charge in [0, 0.05) is 12.8 Å². The summed E-state index contributed by atoms with van der Waals surface area (Å²) in [6.07, 6.45) is 13.5. The highest BCUT2D eigenvalue weighted by Gasteiger charge is 2.16. The molecule has 100 valence electrons. The maximum atomic E-state index is 12.1. The number of rotatable bonds is 4. The number of carbonyl (C=O) groups excluding carboxylic acids is 1. The van der Waals surface area contributed by atoms with Crippen molar-refractivity contribution in [3.63, 3.8) is 0 Å². The molecule has 0 aromatic carbocycles. The molecule has 0 aromatic rings. The Labute approximate surface area is 111 Å². The molecule has 1 nitrogen and oxygen atoms in total. The first-order valence-electron chi connectivity index (χ1n) is 7.54. The van der Waals surface area contributed by atoms with Crippen molar-refractivity contribution < 1.29 is 4.79 Å². The monoisotopic (exact) mass is 246 g/mol. The molecular formula is C17H26O. The minimum Gasteiger partial charge on any atom is -0.299 e. The Bertz CT molecular complexity index is 328. The highest BCUT2D eigenvalue weighted by atomic mass is 16.1. The third-order valence-corrected chi connectivity index (χ3v) is 4.20. The minimum absolute atomic E-state index is 0.427. The highest BCUT2D eigenvalue weighted by molar-refractivity contribution is 5.83. The summed E-state index contributed by atoms with van der Waals surface area (Å²) in [5.41, 5.74) is 2.78. The van der Waals surface area contributed by atoms with Crippen LogP contribution in [0.3, 0.4) is 0 Å². The van der Waals surface area contributed by atoms with Gasteiger partial charge in [0.15, 0.2) is 0 Å². The van der Waals surface area contributed by atoms with Crippen LogP contribution in [0, 0.1) is 11.8 Å². The first-order valence-corrected chi connectivity index (χ1v) is 7.54. The van der Waals surface area contributed by atoms with Crippen molar-refractivity contribution in [1.29, 1.82) is 0 Å². The van der Waals surface area contributed by atoms with Crippen molar-refractivity contribution in [3.8, 4) is 0 Å². The van der Waals surface area contributed by atoms with E-state index in [0.29, 0.717) is 30.5 Å². The van der Waals surface area contributed by atoms with Gasteiger partial charge in [0.1, 0.15) is 5.78 Å². The van der Waals surface area contributed by atoms with E-state index in [-0.39, 0.29) is 0 Å². The molecule has 2 unspecified atom stereocenters. The molecule has 0 amide bonds. The smallest absolute Gasteiger partial charge is 0.140 e. The molecule has 0 spiro atoms. The standard InChI is InChI=1S/C17H26O/c1-13-5-3-7-15(9-13)11-17(18)12-16-8-4-6-14(2)10-16/h9-10,13-14H,3-8,11-12H2,1-2H3. The zero-order valence-corrected chi connectivity index (χ0v) is 11.9. The second-order valence-electron chi connectivity index (χ2n) is 6.28. The highest BCUT2D eigenvalue weighted by Crippen LogP contribution is 2.28. The number of Topliss-reactive ketones (excluding diaryl/α,β-unsaturated/α-hetero) is 1. The van der Waals surface area contributed by atoms with Gasteiger partial charge in [-0.25, -0.2) is 0 Å². The lowest BCUT2D eigenvalue weighted by molar-refractivity contribution is -0.117. The Balaban J connectivity index is 1.85. The molecular weight excluding hydrogens is 220 g/mol. The zero-order valence-electron chi connectivity index (χ0n) is 11.9. The van der Waals surface area contributed by atoms with Gasteiger partial charge in [-0.15, -0.1) is 0 Å². The van der Waals surface area contributed by atoms with Gasteiger partial charge >= 0.3 is 0 Å². The van der Waals surface area contributed by atoms with E-state index in [1.165, 1.54) is 36.8 Å². The predicted octanol–water partition coefficient (Wildman–Crippen LogP) is 4.83. The van der Waals surface area contributed by atoms with Crippen LogP contribution in [0.4, 0.5) is 0 Å². The molecule has 2 rings (SSSR count). The largest absolute Gasteiger partial charge is 0.299 e. The first-order chi connectivity index (χ1) is 8.63. The maximum absolute atomic E-state index is 12.1. The van der Waals surface area contributed by atoms with Crippen LogP contribution >= 0.6 is 0 Å². The summed E-state index contributed by atoms with van der Waals surface area (Å²) < 4.78 is 0. The normalized spacial score (nSPS) is 28.6. The third-order valence-electron chi connectivity index (χ3n) is 4.20. The van der Waals surface area contributed by atoms with Crippen LogP contribution in [-0.4, -0.2) is 5.78 Å². The summed E-state index contributed by atoms with van der Waals surface area (Å²) >= 11 is 0. The van der Waals surface area contributed by atoms with E-state index in [0.717, 1.165) is 12.8 Å². The number of ketones is 1. The summed E-state index contributed by atoms with van der Waals surface area (Å²) in [6.45, 7) is 4.52. The van der Waals surface area contributed by atoms with Crippen molar-refractivity contribution in [1.82, 2.24) is 0 Å². The van der Waals surface area contributed by atoms with Crippen LogP contribution in [0.15, 0.2) is 23.3 Å². The van der Waals surface area contributed by atoms with Crippen LogP contribution in [0.2, 0.25) is 0 Å². The van der Waals surface area contributed by atoms with Crippen molar-refractivity contribution in [2.45, 2.75) is 65.2 Å². The fraction of sp³-hybridized carbons (Fsp3) is 0.706. The van der Waals surface area contributed by atoms with Gasteiger partial charge in [0.25, 0.3) is 0 Å². The summed E-state index contributed by atoms with van der Waals surface area (Å²) in [7, 11) is 0. The molecule has 0 N–H and O–H groups in total. The van der Waals surface area contributed by atoms with Crippen molar-refractivity contribution in [3.05, 3.63) is 23.3 Å². The zero-order chi connectivity index (χ0) is 13.0. The van der Waals surface area contributed by atoms with Crippen LogP contribution < -0.4 is 0 Å². The van der Waals surface area contributed by atoms with Gasteiger partial charge in [0.2, 0.25) is 0 Å². The van der Waals surface area contributed by atoms with Gasteiger partial charge in [-0.3, -0.25) is 4.79 Å². The molecule has 0 radical (unpaired) electrons. The van der Waals surface area contributed by atoms with Crippen molar-refractivity contribution in [2.75, 3.05) is 0 Å². The summed E-state index contributed by atoms with van der Waals surface area (Å²) in [5.74, 6) is 1.78. The minimum atomic E-state index is 0.427. The Morgan fingerprint density at radius 1 is 1.00 bits per heavy atom. The van der Waals surface area contributed by atoms with Crippen LogP contribution in [0.1, 0.15) is 65.2 Å². The SMILES string of the molecule is CC1C=C(CC(=O)CC2=CC(C)CCC2)CCC1. The second-order valence-corrected chi connectivity index (χ2v) is 6.28. The molecule has 2 aliphatic carbocycles. The van der Waals surface area contributed by atoms with Gasteiger partial charge in [-0.1, -0.05) is 37.1 Å². The number of hydrogen-bond acceptors (Lipinski definition) is 1. The summed E-state index contributed by atoms with van der Waals surface area (Å²) in [5, 5.41) is 0. The van der Waals surface area contributed by atoms with Crippen LogP contribution in [0.25, 0.3) is 0 Å². The van der Waals surface area contributed by atoms with Gasteiger partial charge in [-0.05, 0) is 50.4 Å². The molecule has 0 aromatic heterocycles. The quantitative estimate of drug-likeness (QED) is 0.649. The van der Waals surface area contributed by atoms with E-state index in [1.54, 1.807) is 0 Å². The van der Waals surface area contributed by atoms with E-state index in [4.69, 9.17) is 0 Å². The fourth-order valence-corrected chi connectivity index (χ4v) is 3.30. The molecule has 0 saturated heterocycles. The van der Waals surface area contributed by atoms with Crippen LogP contribution in [-0.2, 0) is 4.79 Å². The van der Waals surface area contributed by atoms with Crippen molar-refractivity contribution >= 4 is 5.78 Å². The molecule has 0 fully saturated rings. The van der Waals surface area contributed by atoms with Crippen molar-refractivity contribution in [2.24, 2.45) is 11.8 Å². The fourth-order valence-electron chi connectivity index (χ4n) is 3.30.